The number of carbonyl (C=O) groups is 5. The lowest BCUT2D eigenvalue weighted by molar-refractivity contribution is -0.144. The fourth-order valence-corrected chi connectivity index (χ4v) is 6.49. The van der Waals surface area contributed by atoms with E-state index in [1.54, 1.807) is 18.7 Å². The summed E-state index contributed by atoms with van der Waals surface area (Å²) in [6.07, 6.45) is 10.9. The van der Waals surface area contributed by atoms with Crippen LogP contribution in [0.2, 0.25) is 0 Å². The summed E-state index contributed by atoms with van der Waals surface area (Å²) in [5.41, 5.74) is 4.07. The van der Waals surface area contributed by atoms with Gasteiger partial charge in [-0.25, -0.2) is 4.79 Å². The predicted octanol–water partition coefficient (Wildman–Crippen LogP) is 3.78. The van der Waals surface area contributed by atoms with Gasteiger partial charge < -0.3 is 26.6 Å². The number of carbonyl (C=O) groups excluding carboxylic acids is 5. The fourth-order valence-electron chi connectivity index (χ4n) is 5.33. The number of amides is 5. The summed E-state index contributed by atoms with van der Waals surface area (Å²) in [6.45, 7) is 9.23. The molecule has 0 aromatic heterocycles. The largest absolute Gasteiger partial charge is 0.363 e. The van der Waals surface area contributed by atoms with Crippen molar-refractivity contribution in [3.05, 3.63) is 30.3 Å². The lowest BCUT2D eigenvalue weighted by Gasteiger charge is -2.40. The molecule has 5 amide bonds. The van der Waals surface area contributed by atoms with Gasteiger partial charge in [-0.2, -0.15) is 0 Å². The molecular formula is C33H49N5O5S. The molecular weight excluding hydrogens is 578 g/mol. The molecule has 0 aliphatic heterocycles. The van der Waals surface area contributed by atoms with Crippen LogP contribution >= 0.6 is 11.8 Å². The Kier molecular flexibility index (Phi) is 14.2. The summed E-state index contributed by atoms with van der Waals surface area (Å²) in [6, 6.07) is 6.49. The van der Waals surface area contributed by atoms with Crippen molar-refractivity contribution in [3.8, 4) is 12.3 Å². The lowest BCUT2D eigenvalue weighted by Crippen LogP contribution is -2.63. The average molecular weight is 628 g/mol. The van der Waals surface area contributed by atoms with Crippen LogP contribution in [0.1, 0.15) is 86.0 Å². The van der Waals surface area contributed by atoms with Crippen LogP contribution in [0.3, 0.4) is 0 Å². The molecule has 1 aliphatic rings. The summed E-state index contributed by atoms with van der Waals surface area (Å²) >= 11 is 1.70. The maximum Gasteiger partial charge on any atom is 0.315 e. The molecule has 0 heterocycles. The predicted molar refractivity (Wildman–Crippen MR) is 174 cm³/mol. The molecule has 0 radical (unpaired) electrons. The normalized spacial score (nSPS) is 16.4. The van der Waals surface area contributed by atoms with E-state index in [9.17, 15) is 24.0 Å². The molecule has 0 spiro atoms. The first kappa shape index (κ1) is 36.7. The lowest BCUT2D eigenvalue weighted by atomic mass is 9.83. The van der Waals surface area contributed by atoms with Crippen molar-refractivity contribution < 1.29 is 24.0 Å². The van der Waals surface area contributed by atoms with Crippen molar-refractivity contribution >= 4 is 41.3 Å². The van der Waals surface area contributed by atoms with E-state index in [0.717, 1.165) is 37.0 Å². The van der Waals surface area contributed by atoms with Gasteiger partial charge in [-0.05, 0) is 50.2 Å². The zero-order valence-electron chi connectivity index (χ0n) is 26.7. The minimum absolute atomic E-state index is 0.0368. The van der Waals surface area contributed by atoms with Crippen LogP contribution in [0.15, 0.2) is 35.2 Å². The number of primary amides is 1. The highest BCUT2D eigenvalue weighted by Crippen LogP contribution is 2.34. The average Bonchev–Trinajstić information content (AvgIpc) is 2.99. The minimum Gasteiger partial charge on any atom is -0.363 e. The monoisotopic (exact) mass is 627 g/mol. The van der Waals surface area contributed by atoms with Gasteiger partial charge >= 0.3 is 6.03 Å². The molecule has 1 unspecified atom stereocenters. The van der Waals surface area contributed by atoms with Crippen molar-refractivity contribution in [2.75, 3.05) is 12.3 Å². The Morgan fingerprint density at radius 3 is 2.25 bits per heavy atom. The van der Waals surface area contributed by atoms with Gasteiger partial charge in [0, 0.05) is 23.6 Å². The summed E-state index contributed by atoms with van der Waals surface area (Å²) < 4.78 is 0. The highest BCUT2D eigenvalue weighted by atomic mass is 32.2. The topological polar surface area (TPSA) is 151 Å². The first-order chi connectivity index (χ1) is 20.7. The van der Waals surface area contributed by atoms with E-state index in [1.165, 1.54) is 4.90 Å². The first-order valence-electron chi connectivity index (χ1n) is 15.4. The number of nitrogens with zero attached hydrogens (tertiary/aromatic N) is 1. The number of hydrogen-bond donors (Lipinski definition) is 4. The van der Waals surface area contributed by atoms with E-state index in [1.807, 2.05) is 45.9 Å². The van der Waals surface area contributed by atoms with E-state index in [2.05, 4.69) is 34.0 Å². The van der Waals surface area contributed by atoms with Crippen molar-refractivity contribution in [3.63, 3.8) is 0 Å². The van der Waals surface area contributed by atoms with E-state index in [-0.39, 0.29) is 19.4 Å². The molecule has 0 bridgehead atoms. The molecule has 1 aromatic carbocycles. The van der Waals surface area contributed by atoms with E-state index < -0.39 is 58.6 Å². The molecule has 5 N–H and O–H groups in total. The maximum absolute atomic E-state index is 14.1. The van der Waals surface area contributed by atoms with Gasteiger partial charge in [0.25, 0.3) is 5.91 Å². The molecule has 0 saturated heterocycles. The van der Waals surface area contributed by atoms with Gasteiger partial charge in [0.05, 0.1) is 11.6 Å². The number of ketones is 1. The molecule has 3 atom stereocenters. The minimum atomic E-state index is -1.19. The van der Waals surface area contributed by atoms with Crippen molar-refractivity contribution in [1.29, 1.82) is 0 Å². The van der Waals surface area contributed by atoms with Gasteiger partial charge in [-0.1, -0.05) is 65.2 Å². The summed E-state index contributed by atoms with van der Waals surface area (Å²) in [5.74, 6) is -0.0848. The Balaban J connectivity index is 2.23. The Morgan fingerprint density at radius 2 is 1.70 bits per heavy atom. The number of hydrogen-bond acceptors (Lipinski definition) is 6. The second kappa shape index (κ2) is 17.1. The second-order valence-electron chi connectivity index (χ2n) is 12.6. The van der Waals surface area contributed by atoms with Crippen LogP contribution in [0.4, 0.5) is 4.79 Å². The fraction of sp³-hybridized carbons (Fsp3) is 0.606. The number of terminal acetylenes is 1. The summed E-state index contributed by atoms with van der Waals surface area (Å²) in [4.78, 5) is 67.3. The van der Waals surface area contributed by atoms with E-state index >= 15 is 0 Å². The Bertz CT molecular complexity index is 1190. The number of nitrogens with one attached hydrogen (secondary N) is 3. The third kappa shape index (κ3) is 10.9. The maximum atomic E-state index is 14.1. The third-order valence-corrected chi connectivity index (χ3v) is 9.19. The Labute approximate surface area is 266 Å². The molecule has 1 aromatic rings. The van der Waals surface area contributed by atoms with Crippen LogP contribution in [-0.4, -0.2) is 70.4 Å². The SMILES string of the molecule is C#CCCC(NC(=O)[C@H](C)N(CCC)C(=O)[C@@H](NC(=O)NC1(CSc2ccccc2)CCCCC1)C(C)(C)C)C(=O)C(N)=O. The molecule has 11 heteroatoms. The van der Waals surface area contributed by atoms with Gasteiger partial charge in [-0.3, -0.25) is 19.2 Å². The number of urea groups is 1. The van der Waals surface area contributed by atoms with Gasteiger partial charge in [0.1, 0.15) is 12.1 Å². The number of rotatable bonds is 15. The van der Waals surface area contributed by atoms with E-state index in [0.29, 0.717) is 12.2 Å². The molecule has 1 saturated carbocycles. The zero-order chi connectivity index (χ0) is 32.9. The van der Waals surface area contributed by atoms with Crippen LogP contribution in [0.25, 0.3) is 0 Å². The highest BCUT2D eigenvalue weighted by Gasteiger charge is 2.41. The molecule has 44 heavy (non-hydrogen) atoms. The molecule has 242 valence electrons. The quantitative estimate of drug-likeness (QED) is 0.132. The zero-order valence-corrected chi connectivity index (χ0v) is 27.6. The van der Waals surface area contributed by atoms with E-state index in [4.69, 9.17) is 12.2 Å². The smallest absolute Gasteiger partial charge is 0.315 e. The summed E-state index contributed by atoms with van der Waals surface area (Å²) in [7, 11) is 0. The van der Waals surface area contributed by atoms with Crippen molar-refractivity contribution in [2.24, 2.45) is 11.1 Å². The van der Waals surface area contributed by atoms with Gasteiger partial charge in [-0.15, -0.1) is 24.1 Å². The van der Waals surface area contributed by atoms with Gasteiger partial charge in [0.15, 0.2) is 0 Å². The van der Waals surface area contributed by atoms with Crippen LogP contribution in [0, 0.1) is 17.8 Å². The van der Waals surface area contributed by atoms with Crippen molar-refractivity contribution in [2.45, 2.75) is 115 Å². The van der Waals surface area contributed by atoms with Gasteiger partial charge in [0.2, 0.25) is 17.6 Å². The standard InChI is InChI=1S/C33H49N5O5S/c1-7-9-18-25(26(39)28(34)40)35-29(41)23(3)38(21-8-2)30(42)27(32(4,5)6)36-31(43)37-33(19-14-11-15-20-33)22-44-24-16-12-10-13-17-24/h1,10,12-13,16-17,23,25,27H,8-9,11,14-15,18-22H2,2-6H3,(H2,34,40)(H,35,41)(H2,36,37,43)/t23-,25?,27+/m0/s1. The number of thioether (sulfide) groups is 1. The Morgan fingerprint density at radius 1 is 1.07 bits per heavy atom. The molecule has 2 rings (SSSR count). The van der Waals surface area contributed by atoms with Crippen LogP contribution in [-0.2, 0) is 19.2 Å². The molecule has 1 aliphatic carbocycles. The molecule has 1 fully saturated rings. The number of benzene rings is 1. The van der Waals surface area contributed by atoms with Crippen LogP contribution in [0.5, 0.6) is 0 Å². The second-order valence-corrected chi connectivity index (χ2v) is 13.6. The number of nitrogens with two attached hydrogens (primary N) is 1. The summed E-state index contributed by atoms with van der Waals surface area (Å²) in [5, 5.41) is 8.73. The van der Waals surface area contributed by atoms with Crippen LogP contribution < -0.4 is 21.7 Å². The molecule has 10 nitrogen and oxygen atoms in total. The van der Waals surface area contributed by atoms with Crippen molar-refractivity contribution in [1.82, 2.24) is 20.9 Å². The first-order valence-corrected chi connectivity index (χ1v) is 16.4. The third-order valence-electron chi connectivity index (χ3n) is 7.88. The highest BCUT2D eigenvalue weighted by molar-refractivity contribution is 7.99. The number of Topliss-reactive ketones (excluding diaryl/α,β-unsaturated/α-hetero) is 1. The Hall–Kier alpha value is -3.52.